The van der Waals surface area contributed by atoms with E-state index >= 15 is 0 Å². The van der Waals surface area contributed by atoms with Gasteiger partial charge in [0.05, 0.1) is 0 Å². The summed E-state index contributed by atoms with van der Waals surface area (Å²) in [5.74, 6) is -1.17. The van der Waals surface area contributed by atoms with Gasteiger partial charge < -0.3 is 4.90 Å². The molecule has 0 fully saturated rings. The molecule has 2 rings (SSSR count). The quantitative estimate of drug-likeness (QED) is 0.784. The number of anilines is 2. The summed E-state index contributed by atoms with van der Waals surface area (Å²) in [5, 5.41) is -0.250. The Bertz CT molecular complexity index is 572. The van der Waals surface area contributed by atoms with Gasteiger partial charge in [-0.2, -0.15) is 13.2 Å². The molecule has 3 nitrogen and oxygen atoms in total. The molecule has 0 unspecified atom stereocenters. The number of aromatic nitrogens is 2. The summed E-state index contributed by atoms with van der Waals surface area (Å²) >= 11 is 5.61. The molecule has 0 aliphatic rings. The van der Waals surface area contributed by atoms with Crippen molar-refractivity contribution in [3.05, 3.63) is 47.4 Å². The Labute approximate surface area is 112 Å². The van der Waals surface area contributed by atoms with Crippen LogP contribution in [0.2, 0.25) is 5.15 Å². The van der Waals surface area contributed by atoms with Crippen molar-refractivity contribution in [3.63, 3.8) is 0 Å². The Kier molecular flexibility index (Phi) is 3.61. The topological polar surface area (TPSA) is 29.0 Å². The predicted molar refractivity (Wildman–Crippen MR) is 66.5 cm³/mol. The van der Waals surface area contributed by atoms with Crippen LogP contribution in [0, 0.1) is 0 Å². The summed E-state index contributed by atoms with van der Waals surface area (Å²) in [6.07, 6.45) is -4.63. The van der Waals surface area contributed by atoms with Gasteiger partial charge in [-0.3, -0.25) is 0 Å². The van der Waals surface area contributed by atoms with Gasteiger partial charge >= 0.3 is 6.18 Å². The maximum absolute atomic E-state index is 12.6. The fourth-order valence-electron chi connectivity index (χ4n) is 1.49. The highest BCUT2D eigenvalue weighted by Gasteiger charge is 2.35. The highest BCUT2D eigenvalue weighted by molar-refractivity contribution is 6.29. The van der Waals surface area contributed by atoms with Gasteiger partial charge in [-0.05, 0) is 12.1 Å². The molecule has 0 radical (unpaired) electrons. The first-order valence-corrected chi connectivity index (χ1v) is 5.66. The molecule has 1 heterocycles. The van der Waals surface area contributed by atoms with Crippen LogP contribution in [0.15, 0.2) is 36.4 Å². The minimum atomic E-state index is -4.63. The van der Waals surface area contributed by atoms with E-state index in [-0.39, 0.29) is 11.0 Å². The molecule has 0 aliphatic carbocycles. The van der Waals surface area contributed by atoms with Crippen LogP contribution in [0.4, 0.5) is 24.7 Å². The molecule has 0 amide bonds. The standard InChI is InChI=1S/C12H9ClF3N3/c1-19(8-5-3-2-4-6-8)10-7-9(13)17-11(18-10)12(14,15)16/h2-7H,1H3. The fourth-order valence-corrected chi connectivity index (χ4v) is 1.67. The second-order valence-corrected chi connectivity index (χ2v) is 4.15. The molecular weight excluding hydrogens is 279 g/mol. The molecule has 2 aromatic rings. The molecule has 0 bridgehead atoms. The lowest BCUT2D eigenvalue weighted by atomic mass is 10.3. The van der Waals surface area contributed by atoms with Crippen LogP contribution in [0.3, 0.4) is 0 Å². The van der Waals surface area contributed by atoms with Gasteiger partial charge in [-0.15, -0.1) is 0 Å². The average Bonchev–Trinajstić information content (AvgIpc) is 2.37. The fraction of sp³-hybridized carbons (Fsp3) is 0.167. The summed E-state index contributed by atoms with van der Waals surface area (Å²) in [6, 6.07) is 10.2. The minimum Gasteiger partial charge on any atom is -0.329 e. The average molecular weight is 288 g/mol. The highest BCUT2D eigenvalue weighted by atomic mass is 35.5. The summed E-state index contributed by atoms with van der Waals surface area (Å²) in [4.78, 5) is 8.17. The summed E-state index contributed by atoms with van der Waals surface area (Å²) in [6.45, 7) is 0. The van der Waals surface area contributed by atoms with Crippen molar-refractivity contribution in [1.29, 1.82) is 0 Å². The molecule has 0 spiro atoms. The lowest BCUT2D eigenvalue weighted by molar-refractivity contribution is -0.144. The van der Waals surface area contributed by atoms with Gasteiger partial charge in [-0.1, -0.05) is 29.8 Å². The van der Waals surface area contributed by atoms with Crippen LogP contribution >= 0.6 is 11.6 Å². The van der Waals surface area contributed by atoms with Crippen molar-refractivity contribution < 1.29 is 13.2 Å². The number of benzene rings is 1. The van der Waals surface area contributed by atoms with E-state index < -0.39 is 12.0 Å². The summed E-state index contributed by atoms with van der Waals surface area (Å²) in [7, 11) is 1.61. The van der Waals surface area contributed by atoms with Crippen LogP contribution in [-0.2, 0) is 6.18 Å². The van der Waals surface area contributed by atoms with Crippen LogP contribution in [0.25, 0.3) is 0 Å². The SMILES string of the molecule is CN(c1ccccc1)c1cc(Cl)nc(C(F)(F)F)n1. The van der Waals surface area contributed by atoms with E-state index in [2.05, 4.69) is 9.97 Å². The third kappa shape index (κ3) is 3.14. The molecule has 0 saturated carbocycles. The molecule has 19 heavy (non-hydrogen) atoms. The molecule has 0 N–H and O–H groups in total. The molecule has 0 atom stereocenters. The second-order valence-electron chi connectivity index (χ2n) is 3.76. The Morgan fingerprint density at radius 2 is 1.74 bits per heavy atom. The molecule has 1 aromatic carbocycles. The van der Waals surface area contributed by atoms with Crippen molar-refractivity contribution in [2.45, 2.75) is 6.18 Å². The van der Waals surface area contributed by atoms with Gasteiger partial charge in [0.25, 0.3) is 0 Å². The third-order valence-corrected chi connectivity index (χ3v) is 2.62. The maximum Gasteiger partial charge on any atom is 0.451 e. The van der Waals surface area contributed by atoms with Crippen molar-refractivity contribution >= 4 is 23.1 Å². The van der Waals surface area contributed by atoms with E-state index in [1.165, 1.54) is 11.0 Å². The first-order valence-electron chi connectivity index (χ1n) is 5.28. The van der Waals surface area contributed by atoms with Gasteiger partial charge in [0.1, 0.15) is 11.0 Å². The van der Waals surface area contributed by atoms with E-state index in [0.717, 1.165) is 0 Å². The van der Waals surface area contributed by atoms with Crippen LogP contribution in [-0.4, -0.2) is 17.0 Å². The van der Waals surface area contributed by atoms with E-state index in [0.29, 0.717) is 5.69 Å². The minimum absolute atomic E-state index is 0.0820. The largest absolute Gasteiger partial charge is 0.451 e. The van der Waals surface area contributed by atoms with Crippen LogP contribution in [0.1, 0.15) is 5.82 Å². The lowest BCUT2D eigenvalue weighted by Gasteiger charge is -2.19. The molecular formula is C12H9ClF3N3. The number of hydrogen-bond acceptors (Lipinski definition) is 3. The first-order chi connectivity index (χ1) is 8.88. The van der Waals surface area contributed by atoms with Gasteiger partial charge in [0.2, 0.25) is 5.82 Å². The van der Waals surface area contributed by atoms with Gasteiger partial charge in [0.15, 0.2) is 0 Å². The smallest absolute Gasteiger partial charge is 0.329 e. The molecule has 1 aromatic heterocycles. The first kappa shape index (κ1) is 13.6. The van der Waals surface area contributed by atoms with E-state index in [9.17, 15) is 13.2 Å². The summed E-state index contributed by atoms with van der Waals surface area (Å²) in [5.41, 5.74) is 0.699. The molecule has 7 heteroatoms. The van der Waals surface area contributed by atoms with Crippen LogP contribution in [0.5, 0.6) is 0 Å². The zero-order valence-electron chi connectivity index (χ0n) is 9.82. The monoisotopic (exact) mass is 287 g/mol. The Morgan fingerprint density at radius 3 is 2.32 bits per heavy atom. The predicted octanol–water partition coefficient (Wildman–Crippen LogP) is 3.92. The van der Waals surface area contributed by atoms with Crippen LogP contribution < -0.4 is 4.90 Å². The normalized spacial score (nSPS) is 11.4. The maximum atomic E-state index is 12.6. The Balaban J connectivity index is 2.43. The van der Waals surface area contributed by atoms with Gasteiger partial charge in [0, 0.05) is 18.8 Å². The number of nitrogens with zero attached hydrogens (tertiary/aromatic N) is 3. The number of halogens is 4. The van der Waals surface area contributed by atoms with Crippen molar-refractivity contribution in [1.82, 2.24) is 9.97 Å². The van der Waals surface area contributed by atoms with Crippen molar-refractivity contribution in [2.75, 3.05) is 11.9 Å². The Hall–Kier alpha value is -1.82. The molecule has 100 valence electrons. The zero-order valence-corrected chi connectivity index (χ0v) is 10.6. The highest BCUT2D eigenvalue weighted by Crippen LogP contribution is 2.30. The Morgan fingerprint density at radius 1 is 1.11 bits per heavy atom. The van der Waals surface area contributed by atoms with E-state index in [1.807, 2.05) is 6.07 Å². The summed E-state index contributed by atoms with van der Waals surface area (Å²) < 4.78 is 37.8. The van der Waals surface area contributed by atoms with Gasteiger partial charge in [-0.25, -0.2) is 9.97 Å². The molecule has 0 aliphatic heterocycles. The zero-order chi connectivity index (χ0) is 14.0. The molecule has 0 saturated heterocycles. The third-order valence-electron chi connectivity index (χ3n) is 2.42. The number of rotatable bonds is 2. The number of alkyl halides is 3. The van der Waals surface area contributed by atoms with Crippen molar-refractivity contribution in [3.8, 4) is 0 Å². The van der Waals surface area contributed by atoms with E-state index in [1.54, 1.807) is 31.3 Å². The van der Waals surface area contributed by atoms with Crippen molar-refractivity contribution in [2.24, 2.45) is 0 Å². The number of hydrogen-bond donors (Lipinski definition) is 0. The second kappa shape index (κ2) is 5.05. The van der Waals surface area contributed by atoms with E-state index in [4.69, 9.17) is 11.6 Å². The lowest BCUT2D eigenvalue weighted by Crippen LogP contribution is -2.17. The number of para-hydroxylation sites is 1.